The second kappa shape index (κ2) is 8.51. The highest BCUT2D eigenvalue weighted by molar-refractivity contribution is 5.80. The summed E-state index contributed by atoms with van der Waals surface area (Å²) in [6, 6.07) is 1.59. The molecule has 0 aromatic rings. The first-order valence-corrected chi connectivity index (χ1v) is 6.82. The number of carbonyl (C=O) groups is 2. The van der Waals surface area contributed by atoms with Crippen molar-refractivity contribution in [3.63, 3.8) is 0 Å². The number of nitriles is 1. The summed E-state index contributed by atoms with van der Waals surface area (Å²) >= 11 is 0. The van der Waals surface area contributed by atoms with Crippen LogP contribution >= 0.6 is 0 Å². The summed E-state index contributed by atoms with van der Waals surface area (Å²) in [7, 11) is 1.67. The van der Waals surface area contributed by atoms with E-state index in [1.807, 2.05) is 11.0 Å². The molecule has 0 radical (unpaired) electrons. The topological polar surface area (TPSA) is 85.7 Å². The Morgan fingerprint density at radius 3 is 2.95 bits per heavy atom. The number of hydrogen-bond donors (Lipinski definition) is 1. The van der Waals surface area contributed by atoms with Gasteiger partial charge in [0, 0.05) is 33.2 Å². The van der Waals surface area contributed by atoms with Crippen LogP contribution in [0.5, 0.6) is 0 Å². The molecule has 7 nitrogen and oxygen atoms in total. The third-order valence-electron chi connectivity index (χ3n) is 3.24. The molecule has 1 heterocycles. The second-order valence-electron chi connectivity index (χ2n) is 4.67. The summed E-state index contributed by atoms with van der Waals surface area (Å²) in [5.41, 5.74) is 0. The zero-order valence-electron chi connectivity index (χ0n) is 12.1. The SMILES string of the molecule is CCOC(=O)C1CNCCN1CC(=O)N(C)CCC#N. The Morgan fingerprint density at radius 1 is 1.55 bits per heavy atom. The maximum atomic E-state index is 12.0. The Bertz CT molecular complexity index is 380. The van der Waals surface area contributed by atoms with Crippen LogP contribution in [-0.2, 0) is 14.3 Å². The molecule has 1 fully saturated rings. The van der Waals surface area contributed by atoms with Crippen molar-refractivity contribution in [3.05, 3.63) is 0 Å². The van der Waals surface area contributed by atoms with E-state index < -0.39 is 6.04 Å². The highest BCUT2D eigenvalue weighted by Crippen LogP contribution is 2.06. The third-order valence-corrected chi connectivity index (χ3v) is 3.24. The van der Waals surface area contributed by atoms with E-state index in [0.717, 1.165) is 6.54 Å². The van der Waals surface area contributed by atoms with E-state index in [1.54, 1.807) is 14.0 Å². The van der Waals surface area contributed by atoms with E-state index in [9.17, 15) is 9.59 Å². The zero-order chi connectivity index (χ0) is 15.0. The van der Waals surface area contributed by atoms with Crippen molar-refractivity contribution in [1.29, 1.82) is 5.26 Å². The number of esters is 1. The van der Waals surface area contributed by atoms with E-state index in [1.165, 1.54) is 4.90 Å². The number of rotatable bonds is 6. The number of hydrogen-bond acceptors (Lipinski definition) is 6. The molecule has 20 heavy (non-hydrogen) atoms. The van der Waals surface area contributed by atoms with Gasteiger partial charge in [-0.1, -0.05) is 0 Å². The van der Waals surface area contributed by atoms with E-state index >= 15 is 0 Å². The first-order valence-electron chi connectivity index (χ1n) is 6.82. The summed E-state index contributed by atoms with van der Waals surface area (Å²) in [5.74, 6) is -0.386. The van der Waals surface area contributed by atoms with E-state index in [4.69, 9.17) is 10.00 Å². The van der Waals surface area contributed by atoms with Crippen LogP contribution in [-0.4, -0.2) is 74.1 Å². The molecular weight excluding hydrogens is 260 g/mol. The van der Waals surface area contributed by atoms with Crippen LogP contribution in [0.4, 0.5) is 0 Å². The predicted octanol–water partition coefficient (Wildman–Crippen LogP) is -0.805. The van der Waals surface area contributed by atoms with Crippen molar-refractivity contribution in [2.45, 2.75) is 19.4 Å². The number of carbonyl (C=O) groups excluding carboxylic acids is 2. The number of nitrogens with zero attached hydrogens (tertiary/aromatic N) is 3. The standard InChI is InChI=1S/C13H22N4O3/c1-3-20-13(19)11-9-15-6-8-17(11)10-12(18)16(2)7-4-5-14/h11,15H,3-4,6-10H2,1-2H3. The van der Waals surface area contributed by atoms with Gasteiger partial charge < -0.3 is 15.0 Å². The van der Waals surface area contributed by atoms with Gasteiger partial charge in [-0.25, -0.2) is 0 Å². The summed E-state index contributed by atoms with van der Waals surface area (Å²) < 4.78 is 5.03. The normalized spacial score (nSPS) is 19.1. The van der Waals surface area contributed by atoms with Crippen LogP contribution in [0.2, 0.25) is 0 Å². The van der Waals surface area contributed by atoms with E-state index in [0.29, 0.717) is 32.7 Å². The molecule has 7 heteroatoms. The van der Waals surface area contributed by atoms with Gasteiger partial charge in [0.15, 0.2) is 0 Å². The molecule has 1 amide bonds. The maximum Gasteiger partial charge on any atom is 0.324 e. The summed E-state index contributed by atoms with van der Waals surface area (Å²) in [6.07, 6.45) is 0.311. The minimum absolute atomic E-state index is 0.0866. The predicted molar refractivity (Wildman–Crippen MR) is 72.7 cm³/mol. The van der Waals surface area contributed by atoms with Gasteiger partial charge in [-0.05, 0) is 6.92 Å². The molecular formula is C13H22N4O3. The smallest absolute Gasteiger partial charge is 0.324 e. The molecule has 1 aliphatic heterocycles. The van der Waals surface area contributed by atoms with Crippen molar-refractivity contribution in [2.75, 3.05) is 46.4 Å². The lowest BCUT2D eigenvalue weighted by Gasteiger charge is -2.34. The average molecular weight is 282 g/mol. The molecule has 1 saturated heterocycles. The zero-order valence-corrected chi connectivity index (χ0v) is 12.1. The second-order valence-corrected chi connectivity index (χ2v) is 4.67. The van der Waals surface area contributed by atoms with Gasteiger partial charge in [-0.15, -0.1) is 0 Å². The Hall–Kier alpha value is -1.65. The molecule has 1 aliphatic rings. The number of ether oxygens (including phenoxy) is 1. The average Bonchev–Trinajstić information content (AvgIpc) is 2.45. The third kappa shape index (κ3) is 4.79. The minimum atomic E-state index is -0.419. The van der Waals surface area contributed by atoms with Crippen LogP contribution < -0.4 is 5.32 Å². The maximum absolute atomic E-state index is 12.0. The van der Waals surface area contributed by atoms with Gasteiger partial charge in [-0.3, -0.25) is 14.5 Å². The van der Waals surface area contributed by atoms with Crippen LogP contribution in [0.15, 0.2) is 0 Å². The molecule has 1 N–H and O–H groups in total. The van der Waals surface area contributed by atoms with Gasteiger partial charge in [0.2, 0.25) is 5.91 Å². The molecule has 1 atom stereocenters. The Morgan fingerprint density at radius 2 is 2.30 bits per heavy atom. The molecule has 0 spiro atoms. The van der Waals surface area contributed by atoms with Crippen molar-refractivity contribution in [3.8, 4) is 6.07 Å². The fourth-order valence-electron chi connectivity index (χ4n) is 2.04. The van der Waals surface area contributed by atoms with Gasteiger partial charge in [0.25, 0.3) is 0 Å². The van der Waals surface area contributed by atoms with Crippen LogP contribution in [0.25, 0.3) is 0 Å². The van der Waals surface area contributed by atoms with Crippen LogP contribution in [0.1, 0.15) is 13.3 Å². The van der Waals surface area contributed by atoms with Crippen molar-refractivity contribution in [1.82, 2.24) is 15.1 Å². The number of amides is 1. The molecule has 0 saturated carbocycles. The monoisotopic (exact) mass is 282 g/mol. The van der Waals surface area contributed by atoms with Gasteiger partial charge in [0.1, 0.15) is 6.04 Å². The van der Waals surface area contributed by atoms with Gasteiger partial charge in [-0.2, -0.15) is 5.26 Å². The molecule has 1 unspecified atom stereocenters. The lowest BCUT2D eigenvalue weighted by molar-refractivity contribution is -0.151. The molecule has 0 bridgehead atoms. The first kappa shape index (κ1) is 16.4. The van der Waals surface area contributed by atoms with Crippen LogP contribution in [0.3, 0.4) is 0 Å². The number of nitrogens with one attached hydrogen (secondary N) is 1. The summed E-state index contributed by atoms with van der Waals surface area (Å²) in [4.78, 5) is 27.3. The fraction of sp³-hybridized carbons (Fsp3) is 0.769. The summed E-state index contributed by atoms with van der Waals surface area (Å²) in [6.45, 7) is 4.54. The van der Waals surface area contributed by atoms with E-state index in [-0.39, 0.29) is 18.4 Å². The Kier molecular flexibility index (Phi) is 6.98. The summed E-state index contributed by atoms with van der Waals surface area (Å²) in [5, 5.41) is 11.7. The Balaban J connectivity index is 2.56. The van der Waals surface area contributed by atoms with Crippen molar-refractivity contribution in [2.24, 2.45) is 0 Å². The van der Waals surface area contributed by atoms with Crippen LogP contribution in [0, 0.1) is 11.3 Å². The molecule has 112 valence electrons. The van der Waals surface area contributed by atoms with E-state index in [2.05, 4.69) is 5.32 Å². The van der Waals surface area contributed by atoms with Gasteiger partial charge in [0.05, 0.1) is 25.6 Å². The highest BCUT2D eigenvalue weighted by atomic mass is 16.5. The fourth-order valence-corrected chi connectivity index (χ4v) is 2.04. The van der Waals surface area contributed by atoms with Crippen molar-refractivity contribution >= 4 is 11.9 Å². The quantitative estimate of drug-likeness (QED) is 0.642. The first-order chi connectivity index (χ1) is 9.60. The molecule has 0 aromatic heterocycles. The minimum Gasteiger partial charge on any atom is -0.465 e. The highest BCUT2D eigenvalue weighted by Gasteiger charge is 2.31. The lowest BCUT2D eigenvalue weighted by Crippen LogP contribution is -2.57. The lowest BCUT2D eigenvalue weighted by atomic mass is 10.2. The molecule has 0 aliphatic carbocycles. The molecule has 1 rings (SSSR count). The largest absolute Gasteiger partial charge is 0.465 e. The number of piperazine rings is 1. The van der Waals surface area contributed by atoms with Crippen molar-refractivity contribution < 1.29 is 14.3 Å². The number of likely N-dealkylation sites (N-methyl/N-ethyl adjacent to an activating group) is 1. The van der Waals surface area contributed by atoms with Gasteiger partial charge >= 0.3 is 5.97 Å². The molecule has 0 aromatic carbocycles. The Labute approximate surface area is 119 Å².